The van der Waals surface area contributed by atoms with Crippen molar-refractivity contribution in [2.45, 2.75) is 27.2 Å². The number of ether oxygens (including phenoxy) is 2. The number of carbonyl (C=O) groups is 3. The number of hydrogen-bond acceptors (Lipinski definition) is 6. The van der Waals surface area contributed by atoms with Gasteiger partial charge in [0.2, 0.25) is 0 Å². The van der Waals surface area contributed by atoms with Crippen LogP contribution < -0.4 is 4.90 Å². The summed E-state index contributed by atoms with van der Waals surface area (Å²) in [6.45, 7) is 4.52. The van der Waals surface area contributed by atoms with Gasteiger partial charge in [0.05, 0.1) is 24.7 Å². The second kappa shape index (κ2) is 10.2. The second-order valence-electron chi connectivity index (χ2n) is 6.35. The van der Waals surface area contributed by atoms with Gasteiger partial charge in [-0.3, -0.25) is 4.79 Å². The molecule has 8 nitrogen and oxygen atoms in total. The average molecular weight is 415 g/mol. The van der Waals surface area contributed by atoms with Crippen molar-refractivity contribution in [2.24, 2.45) is 0 Å². The van der Waals surface area contributed by atoms with Gasteiger partial charge in [0.15, 0.2) is 6.61 Å². The molecule has 0 radical (unpaired) electrons. The molecule has 9 heteroatoms. The lowest BCUT2D eigenvalue weighted by Gasteiger charge is -2.21. The Hall–Kier alpha value is -3.67. The number of anilines is 1. The summed E-state index contributed by atoms with van der Waals surface area (Å²) in [6.07, 6.45) is 0.0516. The van der Waals surface area contributed by atoms with Gasteiger partial charge in [0.25, 0.3) is 5.91 Å². The fraction of sp³-hybridized carbons (Fsp3) is 0.333. The van der Waals surface area contributed by atoms with E-state index in [1.165, 1.54) is 29.2 Å². The van der Waals surface area contributed by atoms with Crippen molar-refractivity contribution in [1.82, 2.24) is 4.98 Å². The maximum absolute atomic E-state index is 13.2. The zero-order chi connectivity index (χ0) is 22.3. The fourth-order valence-electron chi connectivity index (χ4n) is 2.92. The summed E-state index contributed by atoms with van der Waals surface area (Å²) < 4.78 is 23.3. The number of nitriles is 1. The van der Waals surface area contributed by atoms with E-state index in [-0.39, 0.29) is 30.8 Å². The molecule has 1 aromatic heterocycles. The molecule has 0 aliphatic rings. The van der Waals surface area contributed by atoms with E-state index in [0.717, 1.165) is 0 Å². The number of hydrogen-bond donors (Lipinski definition) is 1. The number of aryl methyl sites for hydroxylation is 1. The standard InChI is InChI=1S/C21H22FN3O5/c1-4-29-21(28)19-13(2)18(14(3)24-19)20(27)30-12-17(26)25(11-5-10-23)16-8-6-15(22)7-9-16/h6-9,24H,4-5,11-12H2,1-3H3. The normalized spacial score (nSPS) is 10.2. The summed E-state index contributed by atoms with van der Waals surface area (Å²) in [7, 11) is 0. The van der Waals surface area contributed by atoms with Crippen LogP contribution in [0.15, 0.2) is 24.3 Å². The van der Waals surface area contributed by atoms with Crippen molar-refractivity contribution in [3.05, 3.63) is 52.6 Å². The SMILES string of the molecule is CCOC(=O)c1[nH]c(C)c(C(=O)OCC(=O)N(CCC#N)c2ccc(F)cc2)c1C. The lowest BCUT2D eigenvalue weighted by atomic mass is 10.1. The van der Waals surface area contributed by atoms with Crippen LogP contribution >= 0.6 is 0 Å². The molecule has 0 aliphatic carbocycles. The van der Waals surface area contributed by atoms with Gasteiger partial charge in [-0.25, -0.2) is 14.0 Å². The van der Waals surface area contributed by atoms with Crippen molar-refractivity contribution in [2.75, 3.05) is 24.7 Å². The topological polar surface area (TPSA) is 112 Å². The highest BCUT2D eigenvalue weighted by molar-refractivity contribution is 6.00. The van der Waals surface area contributed by atoms with E-state index < -0.39 is 30.3 Å². The van der Waals surface area contributed by atoms with Crippen LogP contribution in [0.1, 0.15) is 45.4 Å². The quantitative estimate of drug-likeness (QED) is 0.663. The number of nitrogens with zero attached hydrogens (tertiary/aromatic N) is 2. The molecule has 0 spiro atoms. The van der Waals surface area contributed by atoms with Crippen LogP contribution in [-0.2, 0) is 14.3 Å². The molecule has 0 unspecified atom stereocenters. The predicted octanol–water partition coefficient (Wildman–Crippen LogP) is 3.05. The Morgan fingerprint density at radius 3 is 2.40 bits per heavy atom. The molecule has 0 saturated heterocycles. The molecule has 1 N–H and O–H groups in total. The summed E-state index contributed by atoms with van der Waals surface area (Å²) in [4.78, 5) is 41.2. The number of aromatic nitrogens is 1. The minimum Gasteiger partial charge on any atom is -0.461 e. The summed E-state index contributed by atoms with van der Waals surface area (Å²) in [5, 5.41) is 8.83. The molecule has 158 valence electrons. The van der Waals surface area contributed by atoms with E-state index >= 15 is 0 Å². The molecule has 0 bridgehead atoms. The Morgan fingerprint density at radius 1 is 1.13 bits per heavy atom. The van der Waals surface area contributed by atoms with Crippen molar-refractivity contribution in [3.63, 3.8) is 0 Å². The van der Waals surface area contributed by atoms with Gasteiger partial charge in [-0.15, -0.1) is 0 Å². The van der Waals surface area contributed by atoms with Gasteiger partial charge < -0.3 is 19.4 Å². The number of nitrogens with one attached hydrogen (secondary N) is 1. The van der Waals surface area contributed by atoms with Gasteiger partial charge in [0.1, 0.15) is 11.5 Å². The average Bonchev–Trinajstić information content (AvgIpc) is 3.02. The third-order valence-electron chi connectivity index (χ3n) is 4.33. The van der Waals surface area contributed by atoms with Crippen molar-refractivity contribution in [3.8, 4) is 6.07 Å². The highest BCUT2D eigenvalue weighted by Crippen LogP contribution is 2.20. The minimum absolute atomic E-state index is 0.0516. The number of rotatable bonds is 8. The predicted molar refractivity (Wildman–Crippen MR) is 105 cm³/mol. The number of aromatic amines is 1. The van der Waals surface area contributed by atoms with Crippen LogP contribution in [0, 0.1) is 31.0 Å². The first-order valence-electron chi connectivity index (χ1n) is 9.26. The fourth-order valence-corrected chi connectivity index (χ4v) is 2.92. The molecule has 2 aromatic rings. The molecule has 1 amide bonds. The van der Waals surface area contributed by atoms with E-state index in [0.29, 0.717) is 16.9 Å². The van der Waals surface area contributed by atoms with E-state index in [9.17, 15) is 18.8 Å². The third-order valence-corrected chi connectivity index (χ3v) is 4.33. The van der Waals surface area contributed by atoms with Gasteiger partial charge in [-0.2, -0.15) is 5.26 Å². The van der Waals surface area contributed by atoms with E-state index in [4.69, 9.17) is 14.7 Å². The first-order chi connectivity index (χ1) is 14.3. The Labute approximate surface area is 173 Å². The van der Waals surface area contributed by atoms with Crippen LogP contribution in [0.25, 0.3) is 0 Å². The molecule has 30 heavy (non-hydrogen) atoms. The van der Waals surface area contributed by atoms with Crippen molar-refractivity contribution < 1.29 is 28.2 Å². The van der Waals surface area contributed by atoms with E-state index in [1.807, 2.05) is 6.07 Å². The third kappa shape index (κ3) is 5.23. The highest BCUT2D eigenvalue weighted by Gasteiger charge is 2.25. The Morgan fingerprint density at radius 2 is 1.80 bits per heavy atom. The van der Waals surface area contributed by atoms with Crippen LogP contribution in [-0.4, -0.2) is 42.6 Å². The van der Waals surface area contributed by atoms with Crippen LogP contribution in [0.3, 0.4) is 0 Å². The van der Waals surface area contributed by atoms with Crippen molar-refractivity contribution >= 4 is 23.5 Å². The molecule has 0 fully saturated rings. The lowest BCUT2D eigenvalue weighted by molar-refractivity contribution is -0.121. The monoisotopic (exact) mass is 415 g/mol. The number of carbonyl (C=O) groups excluding carboxylic acids is 3. The van der Waals surface area contributed by atoms with Crippen LogP contribution in [0.2, 0.25) is 0 Å². The molecular weight excluding hydrogens is 393 g/mol. The number of halogens is 1. The zero-order valence-electron chi connectivity index (χ0n) is 17.0. The smallest absolute Gasteiger partial charge is 0.355 e. The number of benzene rings is 1. The van der Waals surface area contributed by atoms with Crippen LogP contribution in [0.4, 0.5) is 10.1 Å². The van der Waals surface area contributed by atoms with Gasteiger partial charge in [-0.05, 0) is 50.6 Å². The summed E-state index contributed by atoms with van der Waals surface area (Å²) in [6, 6.07) is 7.13. The number of esters is 2. The first-order valence-corrected chi connectivity index (χ1v) is 9.26. The van der Waals surface area contributed by atoms with E-state index in [1.54, 1.807) is 20.8 Å². The van der Waals surface area contributed by atoms with E-state index in [2.05, 4.69) is 4.98 Å². The zero-order valence-corrected chi connectivity index (χ0v) is 17.0. The largest absolute Gasteiger partial charge is 0.461 e. The van der Waals surface area contributed by atoms with Crippen molar-refractivity contribution in [1.29, 1.82) is 5.26 Å². The molecule has 1 aromatic carbocycles. The maximum Gasteiger partial charge on any atom is 0.355 e. The summed E-state index contributed by atoms with van der Waals surface area (Å²) in [5.41, 5.74) is 1.45. The lowest BCUT2D eigenvalue weighted by Crippen LogP contribution is -2.35. The Bertz CT molecular complexity index is 976. The molecule has 0 atom stereocenters. The highest BCUT2D eigenvalue weighted by atomic mass is 19.1. The molecule has 1 heterocycles. The minimum atomic E-state index is -0.774. The maximum atomic E-state index is 13.2. The molecule has 0 aliphatic heterocycles. The number of amides is 1. The first kappa shape index (κ1) is 22.6. The van der Waals surface area contributed by atoms with Gasteiger partial charge in [-0.1, -0.05) is 0 Å². The summed E-state index contributed by atoms with van der Waals surface area (Å²) >= 11 is 0. The second-order valence-corrected chi connectivity index (χ2v) is 6.35. The molecule has 2 rings (SSSR count). The van der Waals surface area contributed by atoms with Gasteiger partial charge >= 0.3 is 11.9 Å². The Balaban J connectivity index is 2.13. The van der Waals surface area contributed by atoms with Gasteiger partial charge in [0, 0.05) is 17.9 Å². The Kier molecular flexibility index (Phi) is 7.69. The number of H-pyrrole nitrogens is 1. The van der Waals surface area contributed by atoms with Crippen LogP contribution in [0.5, 0.6) is 0 Å². The molecule has 0 saturated carbocycles. The molecular formula is C21H22FN3O5. The summed E-state index contributed by atoms with van der Waals surface area (Å²) in [5.74, 6) is -2.40.